The highest BCUT2D eigenvalue weighted by Gasteiger charge is 2.16. The van der Waals surface area contributed by atoms with Crippen LogP contribution in [0, 0.1) is 0 Å². The van der Waals surface area contributed by atoms with Gasteiger partial charge < -0.3 is 19.3 Å². The number of hydrogen-bond donors (Lipinski definition) is 4. The van der Waals surface area contributed by atoms with Crippen molar-refractivity contribution < 1.29 is 27.7 Å². The zero-order valence-electron chi connectivity index (χ0n) is 7.89. The van der Waals surface area contributed by atoms with Crippen LogP contribution in [-0.4, -0.2) is 27.7 Å². The van der Waals surface area contributed by atoms with Gasteiger partial charge in [0, 0.05) is 0 Å². The molecule has 6 nitrogen and oxygen atoms in total. The molecule has 16 heavy (non-hydrogen) atoms. The molecule has 1 aromatic rings. The maximum absolute atomic E-state index is 10.5. The highest BCUT2D eigenvalue weighted by molar-refractivity contribution is 7.79. The van der Waals surface area contributed by atoms with E-state index in [1.807, 2.05) is 0 Å². The second-order valence-electron chi connectivity index (χ2n) is 2.92. The van der Waals surface area contributed by atoms with Crippen molar-refractivity contribution in [3.8, 4) is 0 Å². The van der Waals surface area contributed by atoms with Crippen LogP contribution in [0.1, 0.15) is 22.0 Å². The van der Waals surface area contributed by atoms with Gasteiger partial charge >= 0.3 is 0 Å². The second kappa shape index (κ2) is 5.62. The van der Waals surface area contributed by atoms with Gasteiger partial charge in [0.05, 0.1) is 0 Å². The molecule has 4 unspecified atom stereocenters. The number of aliphatic hydroxyl groups excluding tert-OH is 2. The molecule has 0 aliphatic heterocycles. The molecule has 0 aliphatic rings. The average molecular weight is 266 g/mol. The van der Waals surface area contributed by atoms with E-state index in [2.05, 4.69) is 0 Å². The van der Waals surface area contributed by atoms with Crippen LogP contribution in [0.4, 0.5) is 0 Å². The van der Waals surface area contributed by atoms with Gasteiger partial charge in [-0.3, -0.25) is 0 Å². The average Bonchev–Trinajstić information content (AvgIpc) is 2.27. The summed E-state index contributed by atoms with van der Waals surface area (Å²) in [6.45, 7) is 0. The van der Waals surface area contributed by atoms with Crippen molar-refractivity contribution in [1.29, 1.82) is 0 Å². The van der Waals surface area contributed by atoms with Gasteiger partial charge in [-0.15, -0.1) is 0 Å². The number of rotatable bonds is 4. The summed E-state index contributed by atoms with van der Waals surface area (Å²) in [4.78, 5) is 0. The van der Waals surface area contributed by atoms with E-state index in [-0.39, 0.29) is 11.1 Å². The molecule has 90 valence electrons. The van der Waals surface area contributed by atoms with Crippen molar-refractivity contribution in [3.63, 3.8) is 0 Å². The van der Waals surface area contributed by atoms with Crippen molar-refractivity contribution in [2.45, 2.75) is 10.9 Å². The summed E-state index contributed by atoms with van der Waals surface area (Å²) >= 11 is -4.81. The van der Waals surface area contributed by atoms with Crippen molar-refractivity contribution in [2.75, 3.05) is 0 Å². The fourth-order valence-electron chi connectivity index (χ4n) is 1.06. The first-order valence-electron chi connectivity index (χ1n) is 4.09. The molecular weight excluding hydrogens is 256 g/mol. The standard InChI is InChI=1S/C8H10O6S2/c9-7(15(11)12)5-1-2-6(4-3-5)8(10)16(13)14/h1-4,7-10H,(H,11,12)(H,13,14). The lowest BCUT2D eigenvalue weighted by Crippen LogP contribution is -2.06. The Morgan fingerprint density at radius 2 is 1.06 bits per heavy atom. The minimum atomic E-state index is -2.40. The van der Waals surface area contributed by atoms with Crippen LogP contribution >= 0.6 is 0 Å². The summed E-state index contributed by atoms with van der Waals surface area (Å²) in [6.07, 6.45) is 0. The first-order chi connectivity index (χ1) is 7.43. The number of hydrogen-bond acceptors (Lipinski definition) is 4. The minimum absolute atomic E-state index is 0.181. The van der Waals surface area contributed by atoms with Crippen LogP contribution in [-0.2, 0) is 22.2 Å². The van der Waals surface area contributed by atoms with Gasteiger partial charge in [-0.25, -0.2) is 8.42 Å². The van der Waals surface area contributed by atoms with E-state index >= 15 is 0 Å². The smallest absolute Gasteiger partial charge is 0.187 e. The molecule has 0 heterocycles. The number of aliphatic hydroxyl groups is 2. The molecule has 0 radical (unpaired) electrons. The zero-order valence-corrected chi connectivity index (χ0v) is 9.52. The van der Waals surface area contributed by atoms with Gasteiger partial charge in [0.2, 0.25) is 0 Å². The molecule has 0 spiro atoms. The first kappa shape index (κ1) is 13.4. The zero-order chi connectivity index (χ0) is 12.3. The highest BCUT2D eigenvalue weighted by Crippen LogP contribution is 2.20. The fourth-order valence-corrected chi connectivity index (χ4v) is 1.84. The van der Waals surface area contributed by atoms with Gasteiger partial charge in [-0.05, 0) is 11.1 Å². The first-order valence-corrected chi connectivity index (χ1v) is 6.42. The van der Waals surface area contributed by atoms with Crippen molar-refractivity contribution in [3.05, 3.63) is 35.4 Å². The summed E-state index contributed by atoms with van der Waals surface area (Å²) in [5.41, 5.74) is -2.71. The minimum Gasteiger partial charge on any atom is -0.373 e. The van der Waals surface area contributed by atoms with Crippen molar-refractivity contribution in [1.82, 2.24) is 0 Å². The molecule has 1 rings (SSSR count). The lowest BCUT2D eigenvalue weighted by Gasteiger charge is -2.09. The lowest BCUT2D eigenvalue weighted by atomic mass is 10.1. The summed E-state index contributed by atoms with van der Waals surface area (Å²) in [6, 6.07) is 5.18. The second-order valence-corrected chi connectivity index (χ2v) is 4.92. The summed E-state index contributed by atoms with van der Waals surface area (Å²) in [7, 11) is 0. The van der Waals surface area contributed by atoms with Crippen LogP contribution in [0.25, 0.3) is 0 Å². The van der Waals surface area contributed by atoms with Crippen LogP contribution in [0.15, 0.2) is 24.3 Å². The van der Waals surface area contributed by atoms with E-state index in [9.17, 15) is 18.6 Å². The summed E-state index contributed by atoms with van der Waals surface area (Å²) < 4.78 is 38.4. The normalized spacial score (nSPS) is 18.8. The Kier molecular flexibility index (Phi) is 4.71. The Morgan fingerprint density at radius 3 is 1.25 bits per heavy atom. The van der Waals surface area contributed by atoms with E-state index in [1.165, 1.54) is 24.3 Å². The monoisotopic (exact) mass is 266 g/mol. The SMILES string of the molecule is O=S(O)C(O)c1ccc(C(O)S(=O)O)cc1. The molecule has 0 aromatic heterocycles. The van der Waals surface area contributed by atoms with E-state index in [4.69, 9.17) is 9.11 Å². The molecule has 0 saturated carbocycles. The molecule has 0 amide bonds. The molecule has 0 fully saturated rings. The molecule has 0 aliphatic carbocycles. The third-order valence-electron chi connectivity index (χ3n) is 1.89. The van der Waals surface area contributed by atoms with Crippen molar-refractivity contribution >= 4 is 22.2 Å². The predicted octanol–water partition coefficient (Wildman–Crippen LogP) is 0.112. The third-order valence-corrected chi connectivity index (χ3v) is 3.20. The Hall–Kier alpha value is -0.640. The van der Waals surface area contributed by atoms with Crippen LogP contribution in [0.3, 0.4) is 0 Å². The molecule has 0 saturated heterocycles. The molecule has 8 heteroatoms. The Morgan fingerprint density at radius 1 is 0.812 bits per heavy atom. The Bertz CT molecular complexity index is 364. The largest absolute Gasteiger partial charge is 0.373 e. The van der Waals surface area contributed by atoms with Crippen LogP contribution in [0.2, 0.25) is 0 Å². The molecule has 0 bridgehead atoms. The maximum atomic E-state index is 10.5. The predicted molar refractivity (Wildman–Crippen MR) is 57.9 cm³/mol. The topological polar surface area (TPSA) is 115 Å². The molecule has 4 N–H and O–H groups in total. The van der Waals surface area contributed by atoms with Gasteiger partial charge in [0.15, 0.2) is 33.0 Å². The quantitative estimate of drug-likeness (QED) is 0.575. The molecule has 4 atom stereocenters. The fraction of sp³-hybridized carbons (Fsp3) is 0.250. The summed E-state index contributed by atoms with van der Waals surface area (Å²) in [5.74, 6) is 0. The highest BCUT2D eigenvalue weighted by atomic mass is 32.2. The van der Waals surface area contributed by atoms with E-state index < -0.39 is 33.0 Å². The lowest BCUT2D eigenvalue weighted by molar-refractivity contribution is 0.248. The van der Waals surface area contributed by atoms with Gasteiger partial charge in [-0.1, -0.05) is 24.3 Å². The summed E-state index contributed by atoms with van der Waals surface area (Å²) in [5, 5.41) is 18.4. The number of benzene rings is 1. The van der Waals surface area contributed by atoms with Crippen LogP contribution < -0.4 is 0 Å². The third kappa shape index (κ3) is 3.17. The van der Waals surface area contributed by atoms with Crippen molar-refractivity contribution in [2.24, 2.45) is 0 Å². The van der Waals surface area contributed by atoms with E-state index in [0.29, 0.717) is 0 Å². The molecular formula is C8H10O6S2. The van der Waals surface area contributed by atoms with Gasteiger partial charge in [0.25, 0.3) is 0 Å². The Balaban J connectivity index is 2.91. The maximum Gasteiger partial charge on any atom is 0.187 e. The Labute approximate surface area is 96.5 Å². The van der Waals surface area contributed by atoms with Gasteiger partial charge in [0.1, 0.15) is 0 Å². The molecule has 1 aromatic carbocycles. The van der Waals surface area contributed by atoms with E-state index in [0.717, 1.165) is 0 Å². The van der Waals surface area contributed by atoms with Gasteiger partial charge in [-0.2, -0.15) is 0 Å². The van der Waals surface area contributed by atoms with Crippen LogP contribution in [0.5, 0.6) is 0 Å². The van der Waals surface area contributed by atoms with E-state index in [1.54, 1.807) is 0 Å².